The zero-order valence-electron chi connectivity index (χ0n) is 14.2. The van der Waals surface area contributed by atoms with Crippen molar-refractivity contribution in [3.63, 3.8) is 0 Å². The second-order valence-corrected chi connectivity index (χ2v) is 7.21. The average Bonchev–Trinajstić information content (AvgIpc) is 3.06. The van der Waals surface area contributed by atoms with Crippen molar-refractivity contribution in [3.05, 3.63) is 65.4 Å². The van der Waals surface area contributed by atoms with E-state index in [1.807, 2.05) is 0 Å². The number of fused-ring (bicyclic) bond motifs is 1. The lowest BCUT2D eigenvalue weighted by Crippen LogP contribution is -2.06. The van der Waals surface area contributed by atoms with E-state index in [1.54, 1.807) is 24.3 Å². The molecule has 0 bridgehead atoms. The van der Waals surface area contributed by atoms with Crippen LogP contribution in [0.1, 0.15) is 5.56 Å². The molecule has 1 unspecified atom stereocenters. The van der Waals surface area contributed by atoms with E-state index in [1.165, 1.54) is 18.3 Å². The Kier molecular flexibility index (Phi) is 4.85. The molecular formula is C18H9ClF3N4O2S-. The molecule has 4 rings (SSSR count). The Morgan fingerprint density at radius 2 is 1.93 bits per heavy atom. The normalized spacial score (nSPS) is 13.0. The van der Waals surface area contributed by atoms with E-state index in [-0.39, 0.29) is 5.69 Å². The highest BCUT2D eigenvalue weighted by atomic mass is 35.5. The summed E-state index contributed by atoms with van der Waals surface area (Å²) in [6.45, 7) is 0. The standard InChI is InChI=1S/C18H10ClF3N4O2S/c19-12-3-1-2-10(8-12)16-15(13-6-7-23-17(24-13)29(27)28)14-5-4-11(18(20,21)22)9-26(14)25-16/h1-9H,(H,27,28)/p-1. The first kappa shape index (κ1) is 19.5. The number of benzene rings is 1. The molecule has 148 valence electrons. The molecule has 3 heterocycles. The lowest BCUT2D eigenvalue weighted by Gasteiger charge is -2.08. The summed E-state index contributed by atoms with van der Waals surface area (Å²) in [5.74, 6) is 0. The van der Waals surface area contributed by atoms with Crippen molar-refractivity contribution in [2.24, 2.45) is 0 Å². The van der Waals surface area contributed by atoms with E-state index in [2.05, 4.69) is 15.1 Å². The fraction of sp³-hybridized carbons (Fsp3) is 0.0556. The van der Waals surface area contributed by atoms with Crippen molar-refractivity contribution >= 4 is 28.2 Å². The van der Waals surface area contributed by atoms with E-state index >= 15 is 0 Å². The summed E-state index contributed by atoms with van der Waals surface area (Å²) in [5.41, 5.74) is 0.829. The molecule has 0 amide bonds. The highest BCUT2D eigenvalue weighted by Crippen LogP contribution is 2.37. The molecule has 0 aliphatic carbocycles. The molecule has 1 aromatic carbocycles. The van der Waals surface area contributed by atoms with Gasteiger partial charge in [0, 0.05) is 34.1 Å². The summed E-state index contributed by atoms with van der Waals surface area (Å²) in [6.07, 6.45) is -2.43. The summed E-state index contributed by atoms with van der Waals surface area (Å²) >= 11 is 3.38. The quantitative estimate of drug-likeness (QED) is 0.351. The first-order valence-electron chi connectivity index (χ1n) is 8.02. The Labute approximate surface area is 169 Å². The third-order valence-corrected chi connectivity index (χ3v) is 4.82. The van der Waals surface area contributed by atoms with Crippen LogP contribution < -0.4 is 0 Å². The lowest BCUT2D eigenvalue weighted by molar-refractivity contribution is -0.137. The summed E-state index contributed by atoms with van der Waals surface area (Å²) < 4.78 is 62.9. The van der Waals surface area contributed by atoms with Gasteiger partial charge in [-0.3, -0.25) is 4.21 Å². The number of halogens is 4. The van der Waals surface area contributed by atoms with E-state index < -0.39 is 28.0 Å². The van der Waals surface area contributed by atoms with Gasteiger partial charge in [-0.25, -0.2) is 14.5 Å². The largest absolute Gasteiger partial charge is 0.766 e. The monoisotopic (exact) mass is 437 g/mol. The van der Waals surface area contributed by atoms with Crippen molar-refractivity contribution in [3.8, 4) is 22.5 Å². The molecule has 1 atom stereocenters. The summed E-state index contributed by atoms with van der Waals surface area (Å²) in [7, 11) is 0. The highest BCUT2D eigenvalue weighted by molar-refractivity contribution is 7.78. The predicted octanol–water partition coefficient (Wildman–Crippen LogP) is 4.37. The number of nitrogens with zero attached hydrogens (tertiary/aromatic N) is 4. The van der Waals surface area contributed by atoms with Crippen molar-refractivity contribution in [1.29, 1.82) is 0 Å². The van der Waals surface area contributed by atoms with Gasteiger partial charge in [-0.2, -0.15) is 18.3 Å². The Balaban J connectivity index is 2.03. The van der Waals surface area contributed by atoms with Crippen LogP contribution in [0.3, 0.4) is 0 Å². The number of hydrogen-bond acceptors (Lipinski definition) is 5. The van der Waals surface area contributed by atoms with Crippen LogP contribution in [0.5, 0.6) is 0 Å². The zero-order valence-corrected chi connectivity index (χ0v) is 15.8. The Bertz CT molecular complexity index is 1260. The van der Waals surface area contributed by atoms with Crippen molar-refractivity contribution in [1.82, 2.24) is 19.6 Å². The van der Waals surface area contributed by atoms with Gasteiger partial charge in [-0.1, -0.05) is 23.7 Å². The minimum Gasteiger partial charge on any atom is -0.766 e. The molecule has 0 aliphatic rings. The number of hydrogen-bond donors (Lipinski definition) is 0. The molecule has 0 spiro atoms. The molecule has 3 aromatic heterocycles. The maximum atomic E-state index is 13.1. The second-order valence-electron chi connectivity index (χ2n) is 5.94. The van der Waals surface area contributed by atoms with Crippen molar-refractivity contribution in [2.45, 2.75) is 11.3 Å². The maximum absolute atomic E-state index is 13.1. The van der Waals surface area contributed by atoms with Gasteiger partial charge in [-0.15, -0.1) is 0 Å². The second kappa shape index (κ2) is 7.21. The fourth-order valence-corrected chi connectivity index (χ4v) is 3.38. The number of pyridine rings is 1. The summed E-state index contributed by atoms with van der Waals surface area (Å²) in [6, 6.07) is 10.3. The molecule has 4 aromatic rings. The fourth-order valence-electron chi connectivity index (χ4n) is 2.87. The van der Waals surface area contributed by atoms with Gasteiger partial charge in [0.2, 0.25) is 5.16 Å². The smallest absolute Gasteiger partial charge is 0.417 e. The SMILES string of the molecule is O=S([O-])c1nccc(-c2c(-c3cccc(Cl)c3)nn3cc(C(F)(F)F)ccc23)n1. The molecule has 29 heavy (non-hydrogen) atoms. The van der Waals surface area contributed by atoms with Crippen molar-refractivity contribution in [2.75, 3.05) is 0 Å². The van der Waals surface area contributed by atoms with E-state index in [4.69, 9.17) is 11.6 Å². The first-order chi connectivity index (χ1) is 13.7. The Morgan fingerprint density at radius 1 is 1.14 bits per heavy atom. The van der Waals surface area contributed by atoms with Crippen LogP contribution in [0.2, 0.25) is 5.02 Å². The lowest BCUT2D eigenvalue weighted by atomic mass is 10.0. The third kappa shape index (κ3) is 3.74. The van der Waals surface area contributed by atoms with E-state index in [0.29, 0.717) is 27.4 Å². The highest BCUT2D eigenvalue weighted by Gasteiger charge is 2.31. The van der Waals surface area contributed by atoms with E-state index in [9.17, 15) is 21.9 Å². The van der Waals surface area contributed by atoms with Crippen LogP contribution in [0.15, 0.2) is 60.0 Å². The molecule has 0 saturated carbocycles. The minimum atomic E-state index is -4.54. The van der Waals surface area contributed by atoms with Crippen LogP contribution in [-0.4, -0.2) is 28.3 Å². The van der Waals surface area contributed by atoms with Gasteiger partial charge in [-0.05, 0) is 30.3 Å². The molecule has 11 heteroatoms. The first-order valence-corrected chi connectivity index (χ1v) is 9.47. The zero-order chi connectivity index (χ0) is 20.8. The summed E-state index contributed by atoms with van der Waals surface area (Å²) in [4.78, 5) is 7.68. The molecule has 0 fully saturated rings. The molecule has 0 aliphatic heterocycles. The van der Waals surface area contributed by atoms with Gasteiger partial charge < -0.3 is 4.55 Å². The van der Waals surface area contributed by atoms with Gasteiger partial charge in [0.1, 0.15) is 5.69 Å². The molecule has 0 N–H and O–H groups in total. The third-order valence-electron chi connectivity index (χ3n) is 4.09. The van der Waals surface area contributed by atoms with Crippen molar-refractivity contribution < 1.29 is 21.9 Å². The average molecular weight is 438 g/mol. The Morgan fingerprint density at radius 3 is 2.62 bits per heavy atom. The van der Waals surface area contributed by atoms with Gasteiger partial charge >= 0.3 is 6.18 Å². The molecule has 6 nitrogen and oxygen atoms in total. The predicted molar refractivity (Wildman–Crippen MR) is 98.9 cm³/mol. The van der Waals surface area contributed by atoms with Gasteiger partial charge in [0.05, 0.1) is 22.3 Å². The van der Waals surface area contributed by atoms with Crippen LogP contribution in [0.25, 0.3) is 28.0 Å². The molecular weight excluding hydrogens is 429 g/mol. The Hall–Kier alpha value is -2.82. The summed E-state index contributed by atoms with van der Waals surface area (Å²) in [5, 5.41) is 4.26. The van der Waals surface area contributed by atoms with E-state index in [0.717, 1.165) is 16.8 Å². The van der Waals surface area contributed by atoms with Crippen LogP contribution >= 0.6 is 11.6 Å². The number of aromatic nitrogens is 4. The maximum Gasteiger partial charge on any atom is 0.417 e. The van der Waals surface area contributed by atoms with Crippen LogP contribution in [-0.2, 0) is 17.3 Å². The number of rotatable bonds is 3. The van der Waals surface area contributed by atoms with Gasteiger partial charge in [0.15, 0.2) is 0 Å². The van der Waals surface area contributed by atoms with Gasteiger partial charge in [0.25, 0.3) is 0 Å². The number of alkyl halides is 3. The minimum absolute atomic E-state index is 0.198. The van der Waals surface area contributed by atoms with Crippen LogP contribution in [0, 0.1) is 0 Å². The molecule has 0 saturated heterocycles. The topological polar surface area (TPSA) is 83.2 Å². The molecule has 0 radical (unpaired) electrons. The van der Waals surface area contributed by atoms with Crippen LogP contribution in [0.4, 0.5) is 13.2 Å².